The zero-order valence-corrected chi connectivity index (χ0v) is 9.74. The summed E-state index contributed by atoms with van der Waals surface area (Å²) < 4.78 is 0. The number of hydroxylamine groups is 1. The summed E-state index contributed by atoms with van der Waals surface area (Å²) in [5.41, 5.74) is 1.62. The Balaban J connectivity index is 2.11. The maximum Gasteiger partial charge on any atom is 0.271 e. The highest BCUT2D eigenvalue weighted by Gasteiger charge is 2.17. The van der Waals surface area contributed by atoms with Crippen molar-refractivity contribution in [2.75, 3.05) is 10.4 Å². The highest BCUT2D eigenvalue weighted by Crippen LogP contribution is 2.34. The Morgan fingerprint density at radius 1 is 1.37 bits per heavy atom. The molecule has 0 amide bonds. The summed E-state index contributed by atoms with van der Waals surface area (Å²) in [6.07, 6.45) is 1.56. The first-order chi connectivity index (χ1) is 9.15. The highest BCUT2D eigenvalue weighted by atomic mass is 16.6. The number of rotatable bonds is 1. The number of non-ortho nitro benzene ring substituents is 1. The van der Waals surface area contributed by atoms with Crippen molar-refractivity contribution in [3.05, 3.63) is 57.4 Å². The van der Waals surface area contributed by atoms with Crippen molar-refractivity contribution in [3.63, 3.8) is 0 Å². The standard InChI is InChI=1S/C12H9N4O3/c17-15-7-8-3-4-9(16(18)19)6-10(8)14-12-11(15)2-1-5-13-12/h1-6H,7H2,(H,13,14)/q-1. The Kier molecular flexibility index (Phi) is 2.53. The third-order valence-electron chi connectivity index (χ3n) is 2.93. The summed E-state index contributed by atoms with van der Waals surface area (Å²) in [5, 5.41) is 26.5. The Morgan fingerprint density at radius 3 is 3.00 bits per heavy atom. The fourth-order valence-electron chi connectivity index (χ4n) is 1.99. The van der Waals surface area contributed by atoms with E-state index in [1.807, 2.05) is 0 Å². The van der Waals surface area contributed by atoms with E-state index >= 15 is 0 Å². The molecular formula is C12H9N4O3-. The lowest BCUT2D eigenvalue weighted by molar-refractivity contribution is -0.384. The number of aromatic nitrogens is 1. The van der Waals surface area contributed by atoms with E-state index < -0.39 is 4.92 Å². The summed E-state index contributed by atoms with van der Waals surface area (Å²) in [6.45, 7) is 0.124. The van der Waals surface area contributed by atoms with Gasteiger partial charge in [-0.2, -0.15) is 0 Å². The van der Waals surface area contributed by atoms with Gasteiger partial charge in [0, 0.05) is 24.9 Å². The van der Waals surface area contributed by atoms with E-state index in [-0.39, 0.29) is 12.2 Å². The lowest BCUT2D eigenvalue weighted by atomic mass is 10.1. The van der Waals surface area contributed by atoms with Crippen LogP contribution in [-0.4, -0.2) is 9.91 Å². The van der Waals surface area contributed by atoms with Gasteiger partial charge in [-0.05, 0) is 23.8 Å². The summed E-state index contributed by atoms with van der Waals surface area (Å²) in [7, 11) is 0. The molecule has 7 nitrogen and oxygen atoms in total. The van der Waals surface area contributed by atoms with Crippen LogP contribution in [0.1, 0.15) is 5.56 Å². The highest BCUT2D eigenvalue weighted by molar-refractivity contribution is 5.77. The molecule has 19 heavy (non-hydrogen) atoms. The predicted octanol–water partition coefficient (Wildman–Crippen LogP) is 2.55. The van der Waals surface area contributed by atoms with Gasteiger partial charge in [0.05, 0.1) is 16.3 Å². The molecule has 96 valence electrons. The largest absolute Gasteiger partial charge is 0.758 e. The van der Waals surface area contributed by atoms with Crippen LogP contribution in [0.15, 0.2) is 36.5 Å². The smallest absolute Gasteiger partial charge is 0.271 e. The van der Waals surface area contributed by atoms with E-state index in [4.69, 9.17) is 0 Å². The zero-order valence-electron chi connectivity index (χ0n) is 9.74. The van der Waals surface area contributed by atoms with E-state index in [0.717, 1.165) is 5.06 Å². The van der Waals surface area contributed by atoms with Crippen LogP contribution in [0.2, 0.25) is 0 Å². The van der Waals surface area contributed by atoms with Gasteiger partial charge in [0.25, 0.3) is 5.69 Å². The number of fused-ring (bicyclic) bond motifs is 2. The summed E-state index contributed by atoms with van der Waals surface area (Å²) >= 11 is 0. The summed E-state index contributed by atoms with van der Waals surface area (Å²) in [6, 6.07) is 7.70. The minimum absolute atomic E-state index is 0.0249. The number of hydrogen-bond donors (Lipinski definition) is 1. The van der Waals surface area contributed by atoms with Crippen molar-refractivity contribution in [2.24, 2.45) is 0 Å². The molecule has 0 aliphatic carbocycles. The monoisotopic (exact) mass is 257 g/mol. The zero-order chi connectivity index (χ0) is 13.4. The summed E-state index contributed by atoms with van der Waals surface area (Å²) in [5.74, 6) is 0.400. The molecule has 2 aromatic rings. The number of pyridine rings is 1. The van der Waals surface area contributed by atoms with E-state index in [9.17, 15) is 15.3 Å². The van der Waals surface area contributed by atoms with Gasteiger partial charge in [-0.1, -0.05) is 0 Å². The van der Waals surface area contributed by atoms with Crippen LogP contribution in [0.4, 0.5) is 22.9 Å². The normalized spacial score (nSPS) is 13.0. The van der Waals surface area contributed by atoms with Crippen molar-refractivity contribution >= 4 is 22.9 Å². The van der Waals surface area contributed by atoms with Crippen LogP contribution < -0.4 is 10.4 Å². The molecule has 3 rings (SSSR count). The van der Waals surface area contributed by atoms with E-state index in [2.05, 4.69) is 10.3 Å². The van der Waals surface area contributed by atoms with Crippen LogP contribution in [0.5, 0.6) is 0 Å². The molecule has 0 fully saturated rings. The molecule has 1 aromatic carbocycles. The van der Waals surface area contributed by atoms with Gasteiger partial charge in [-0.15, -0.1) is 0 Å². The molecule has 0 bridgehead atoms. The summed E-state index contributed by atoms with van der Waals surface area (Å²) in [4.78, 5) is 14.4. The first kappa shape index (κ1) is 11.4. The lowest BCUT2D eigenvalue weighted by Crippen LogP contribution is -2.13. The average Bonchev–Trinajstić information content (AvgIpc) is 2.54. The fraction of sp³-hybridized carbons (Fsp3) is 0.0833. The maximum absolute atomic E-state index is 12.0. The van der Waals surface area contributed by atoms with Crippen molar-refractivity contribution in [1.29, 1.82) is 0 Å². The molecular weight excluding hydrogens is 248 g/mol. The Bertz CT molecular complexity index is 659. The fourth-order valence-corrected chi connectivity index (χ4v) is 1.99. The minimum Gasteiger partial charge on any atom is -0.758 e. The molecule has 0 radical (unpaired) electrons. The quantitative estimate of drug-likeness (QED) is 0.623. The van der Waals surface area contributed by atoms with E-state index in [1.54, 1.807) is 24.4 Å². The Morgan fingerprint density at radius 2 is 2.21 bits per heavy atom. The minimum atomic E-state index is -0.471. The third kappa shape index (κ3) is 1.95. The predicted molar refractivity (Wildman–Crippen MR) is 70.2 cm³/mol. The van der Waals surface area contributed by atoms with Crippen molar-refractivity contribution < 1.29 is 4.92 Å². The molecule has 0 saturated heterocycles. The molecule has 2 heterocycles. The molecule has 0 atom stereocenters. The van der Waals surface area contributed by atoms with Crippen LogP contribution in [0.3, 0.4) is 0 Å². The number of hydrogen-bond acceptors (Lipinski definition) is 6. The molecule has 1 aliphatic heterocycles. The van der Waals surface area contributed by atoms with E-state index in [0.29, 0.717) is 22.8 Å². The molecule has 0 unspecified atom stereocenters. The first-order valence-electron chi connectivity index (χ1n) is 5.59. The SMILES string of the molecule is O=[N+]([O-])c1ccc2c(c1)Nc1ncccc1N([O-])C2. The van der Waals surface area contributed by atoms with Crippen LogP contribution in [-0.2, 0) is 6.54 Å². The number of benzene rings is 1. The Labute approximate surface area is 108 Å². The number of anilines is 3. The number of nitrogens with one attached hydrogen (secondary N) is 1. The number of nitro groups is 1. The topological polar surface area (TPSA) is 94.4 Å². The number of nitro benzene ring substituents is 1. The van der Waals surface area contributed by atoms with Crippen molar-refractivity contribution in [3.8, 4) is 0 Å². The van der Waals surface area contributed by atoms with Crippen molar-refractivity contribution in [2.45, 2.75) is 6.54 Å². The molecule has 1 aliphatic rings. The molecule has 0 spiro atoms. The number of nitrogens with zero attached hydrogens (tertiary/aromatic N) is 3. The molecule has 7 heteroatoms. The van der Waals surface area contributed by atoms with Gasteiger partial charge >= 0.3 is 0 Å². The Hall–Kier alpha value is -2.67. The third-order valence-corrected chi connectivity index (χ3v) is 2.93. The van der Waals surface area contributed by atoms with Gasteiger partial charge in [-0.3, -0.25) is 10.1 Å². The molecule has 1 N–H and O–H groups in total. The van der Waals surface area contributed by atoms with Gasteiger partial charge in [-0.25, -0.2) is 4.98 Å². The van der Waals surface area contributed by atoms with Crippen LogP contribution in [0, 0.1) is 15.3 Å². The van der Waals surface area contributed by atoms with Gasteiger partial charge in [0.1, 0.15) is 0 Å². The van der Waals surface area contributed by atoms with Crippen LogP contribution >= 0.6 is 0 Å². The second kappa shape index (κ2) is 4.21. The van der Waals surface area contributed by atoms with Crippen LogP contribution in [0.25, 0.3) is 0 Å². The molecule has 0 saturated carbocycles. The van der Waals surface area contributed by atoms with Gasteiger partial charge < -0.3 is 15.6 Å². The lowest BCUT2D eigenvalue weighted by Gasteiger charge is -2.29. The average molecular weight is 257 g/mol. The second-order valence-corrected chi connectivity index (χ2v) is 4.13. The van der Waals surface area contributed by atoms with Gasteiger partial charge in [0.2, 0.25) is 0 Å². The van der Waals surface area contributed by atoms with Crippen molar-refractivity contribution in [1.82, 2.24) is 4.98 Å². The maximum atomic E-state index is 12.0. The first-order valence-corrected chi connectivity index (χ1v) is 5.59. The van der Waals surface area contributed by atoms with Gasteiger partial charge in [0.15, 0.2) is 5.82 Å². The van der Waals surface area contributed by atoms with E-state index in [1.165, 1.54) is 12.1 Å². The molecule has 1 aromatic heterocycles. The second-order valence-electron chi connectivity index (χ2n) is 4.13.